The lowest BCUT2D eigenvalue weighted by atomic mass is 10.0. The van der Waals surface area contributed by atoms with E-state index < -0.39 is 16.7 Å². The molecular formula is C31H36N6O5S. The van der Waals surface area contributed by atoms with E-state index in [9.17, 15) is 14.1 Å². The lowest BCUT2D eigenvalue weighted by Crippen LogP contribution is -2.30. The van der Waals surface area contributed by atoms with Crippen LogP contribution in [0.3, 0.4) is 0 Å². The summed E-state index contributed by atoms with van der Waals surface area (Å²) in [5.74, 6) is 0.718. The number of pyridine rings is 2. The number of Topliss-reactive ketones (excluding diaryl/α,β-unsaturated/α-hetero) is 1. The van der Waals surface area contributed by atoms with Crippen LogP contribution >= 0.6 is 0 Å². The topological polar surface area (TPSA) is 135 Å². The average Bonchev–Trinajstić information content (AvgIpc) is 3.42. The van der Waals surface area contributed by atoms with Gasteiger partial charge in [-0.2, -0.15) is 4.98 Å². The van der Waals surface area contributed by atoms with Crippen LogP contribution in [0.5, 0.6) is 5.75 Å². The van der Waals surface area contributed by atoms with Crippen LogP contribution in [0.15, 0.2) is 64.7 Å². The largest absolute Gasteiger partial charge is 0.611 e. The van der Waals surface area contributed by atoms with Gasteiger partial charge in [0, 0.05) is 67.4 Å². The predicted octanol–water partition coefficient (Wildman–Crippen LogP) is 3.65. The summed E-state index contributed by atoms with van der Waals surface area (Å²) in [6.07, 6.45) is 5.91. The molecule has 4 heterocycles. The minimum Gasteiger partial charge on any atom is -0.611 e. The molecule has 226 valence electrons. The number of ketones is 1. The Labute approximate surface area is 253 Å². The van der Waals surface area contributed by atoms with Gasteiger partial charge in [0.2, 0.25) is 5.95 Å². The second-order valence-electron chi connectivity index (χ2n) is 10.9. The average molecular weight is 605 g/mol. The Balaban J connectivity index is 1.48. The number of carbonyl (C=O) groups is 1. The number of carbonyl (C=O) groups excluding carboxylic acids is 1. The first-order chi connectivity index (χ1) is 20.7. The van der Waals surface area contributed by atoms with Crippen LogP contribution in [0, 0.1) is 5.92 Å². The number of benzene rings is 1. The van der Waals surface area contributed by atoms with E-state index in [2.05, 4.69) is 32.2 Å². The van der Waals surface area contributed by atoms with Crippen LogP contribution in [0.2, 0.25) is 0 Å². The maximum Gasteiger partial charge on any atom is 0.263 e. The Kier molecular flexibility index (Phi) is 9.71. The first-order valence-electron chi connectivity index (χ1n) is 14.2. The Morgan fingerprint density at radius 3 is 2.70 bits per heavy atom. The van der Waals surface area contributed by atoms with E-state index in [0.29, 0.717) is 33.9 Å². The third-order valence-electron chi connectivity index (χ3n) is 7.28. The lowest BCUT2D eigenvalue weighted by molar-refractivity contribution is 0.0937. The molecule has 2 atom stereocenters. The minimum atomic E-state index is -1.37. The standard InChI is InChI=1S/C31H36N6O5S/c1-20(2)28(38)26-15-21-17-33-31(34-23-5-7-24(8-6-23)42-25-10-12-36(3)19-25)35-29(21)37(30(26)39)18-22-16-32-11-9-27(22)43(40)14-13-41-4/h5-9,11,15-17,20,25H,10,12-14,18-19H2,1-4H3,(H,33,34,35). The zero-order valence-electron chi connectivity index (χ0n) is 24.8. The molecule has 1 aromatic carbocycles. The molecule has 0 saturated carbocycles. The molecule has 4 aromatic rings. The summed E-state index contributed by atoms with van der Waals surface area (Å²) in [5.41, 5.74) is 1.25. The van der Waals surface area contributed by atoms with Gasteiger partial charge in [0.25, 0.3) is 5.56 Å². The van der Waals surface area contributed by atoms with E-state index in [4.69, 9.17) is 9.47 Å². The Morgan fingerprint density at radius 1 is 1.21 bits per heavy atom. The number of likely N-dealkylation sites (tertiary alicyclic amines) is 1. The zero-order chi connectivity index (χ0) is 30.5. The maximum absolute atomic E-state index is 13.8. The molecule has 12 heteroatoms. The molecule has 5 rings (SSSR count). The number of aromatic nitrogens is 4. The van der Waals surface area contributed by atoms with Crippen LogP contribution in [-0.4, -0.2) is 80.5 Å². The molecule has 1 N–H and O–H groups in total. The van der Waals surface area contributed by atoms with Gasteiger partial charge in [0.15, 0.2) is 10.7 Å². The number of fused-ring (bicyclic) bond motifs is 1. The Morgan fingerprint density at radius 2 is 2.00 bits per heavy atom. The molecule has 0 amide bonds. The number of nitrogens with zero attached hydrogens (tertiary/aromatic N) is 5. The number of anilines is 2. The quantitative estimate of drug-likeness (QED) is 0.189. The van der Waals surface area contributed by atoms with E-state index in [-0.39, 0.29) is 35.9 Å². The monoisotopic (exact) mass is 604 g/mol. The number of likely N-dealkylation sites (N-methyl/N-ethyl adjacent to an activating group) is 1. The molecule has 1 aliphatic heterocycles. The molecule has 1 aliphatic rings. The van der Waals surface area contributed by atoms with Crippen molar-refractivity contribution in [3.8, 4) is 5.75 Å². The molecule has 0 radical (unpaired) electrons. The van der Waals surface area contributed by atoms with Gasteiger partial charge in [0.1, 0.15) is 23.3 Å². The third-order valence-corrected chi connectivity index (χ3v) is 8.71. The van der Waals surface area contributed by atoms with Crippen LogP contribution in [-0.2, 0) is 22.5 Å². The molecule has 0 aliphatic carbocycles. The summed E-state index contributed by atoms with van der Waals surface area (Å²) >= 11 is -1.37. The van der Waals surface area contributed by atoms with Crippen LogP contribution in [0.4, 0.5) is 11.6 Å². The Bertz CT molecular complexity index is 1640. The van der Waals surface area contributed by atoms with Gasteiger partial charge < -0.3 is 24.2 Å². The highest BCUT2D eigenvalue weighted by atomic mass is 32.2. The number of rotatable bonds is 12. The summed E-state index contributed by atoms with van der Waals surface area (Å²) in [6, 6.07) is 10.8. The van der Waals surface area contributed by atoms with Crippen molar-refractivity contribution in [3.63, 3.8) is 0 Å². The second-order valence-corrected chi connectivity index (χ2v) is 12.4. The molecule has 0 bridgehead atoms. The fraction of sp³-hybridized carbons (Fsp3) is 0.387. The van der Waals surface area contributed by atoms with E-state index in [1.54, 1.807) is 51.7 Å². The number of hydrogen-bond acceptors (Lipinski definition) is 10. The number of nitrogens with one attached hydrogen (secondary N) is 1. The van der Waals surface area contributed by atoms with Gasteiger partial charge in [-0.15, -0.1) is 0 Å². The highest BCUT2D eigenvalue weighted by Crippen LogP contribution is 2.24. The number of ether oxygens (including phenoxy) is 2. The van der Waals surface area contributed by atoms with Crippen molar-refractivity contribution < 1.29 is 18.8 Å². The fourth-order valence-corrected chi connectivity index (χ4v) is 6.14. The predicted molar refractivity (Wildman–Crippen MR) is 166 cm³/mol. The van der Waals surface area contributed by atoms with E-state index in [1.807, 2.05) is 24.3 Å². The van der Waals surface area contributed by atoms with Crippen molar-refractivity contribution in [1.82, 2.24) is 24.4 Å². The fourth-order valence-electron chi connectivity index (χ4n) is 4.98. The van der Waals surface area contributed by atoms with E-state index >= 15 is 0 Å². The molecule has 43 heavy (non-hydrogen) atoms. The van der Waals surface area contributed by atoms with Crippen LogP contribution in [0.25, 0.3) is 11.0 Å². The van der Waals surface area contributed by atoms with E-state index in [1.165, 1.54) is 4.57 Å². The Hall–Kier alpha value is -3.84. The highest BCUT2D eigenvalue weighted by Gasteiger charge is 2.23. The molecule has 11 nitrogen and oxygen atoms in total. The SMILES string of the molecule is COCC[S+]([O-])c1ccncc1Cn1c(=O)c(C(=O)C(C)C)cc2cnc(Nc3ccc(OC4CCN(C)C4)cc3)nc21. The summed E-state index contributed by atoms with van der Waals surface area (Å²) in [5, 5.41) is 3.73. The molecule has 1 fully saturated rings. The minimum absolute atomic E-state index is 0.0231. The highest BCUT2D eigenvalue weighted by molar-refractivity contribution is 7.91. The van der Waals surface area contributed by atoms with Crippen molar-refractivity contribution in [2.24, 2.45) is 5.92 Å². The second kappa shape index (κ2) is 13.6. The molecular weight excluding hydrogens is 568 g/mol. The van der Waals surface area contributed by atoms with Crippen molar-refractivity contribution >= 4 is 39.6 Å². The van der Waals surface area contributed by atoms with Gasteiger partial charge in [-0.25, -0.2) is 4.98 Å². The molecule has 3 aromatic heterocycles. The van der Waals surface area contributed by atoms with Crippen LogP contribution < -0.4 is 15.6 Å². The first kappa shape index (κ1) is 30.6. The van der Waals surface area contributed by atoms with E-state index in [0.717, 1.165) is 30.9 Å². The summed E-state index contributed by atoms with van der Waals surface area (Å²) < 4.78 is 25.7. The van der Waals surface area contributed by atoms with Gasteiger partial charge in [0.05, 0.1) is 18.7 Å². The lowest BCUT2D eigenvalue weighted by Gasteiger charge is -2.17. The van der Waals surface area contributed by atoms with Crippen molar-refractivity contribution in [2.45, 2.75) is 37.8 Å². The van der Waals surface area contributed by atoms with Crippen molar-refractivity contribution in [1.29, 1.82) is 0 Å². The van der Waals surface area contributed by atoms with Gasteiger partial charge in [-0.05, 0) is 55.0 Å². The molecule has 2 unspecified atom stereocenters. The summed E-state index contributed by atoms with van der Waals surface area (Å²) in [4.78, 5) is 42.9. The molecule has 1 saturated heterocycles. The first-order valence-corrected chi connectivity index (χ1v) is 15.5. The number of methoxy groups -OCH3 is 1. The smallest absolute Gasteiger partial charge is 0.263 e. The van der Waals surface area contributed by atoms with Gasteiger partial charge in [-0.3, -0.25) is 19.1 Å². The number of hydrogen-bond donors (Lipinski definition) is 1. The normalized spacial score (nSPS) is 16.1. The van der Waals surface area contributed by atoms with Crippen molar-refractivity contribution in [2.75, 3.05) is 44.9 Å². The maximum atomic E-state index is 13.8. The van der Waals surface area contributed by atoms with Gasteiger partial charge in [-0.1, -0.05) is 13.8 Å². The molecule has 0 spiro atoms. The van der Waals surface area contributed by atoms with Crippen molar-refractivity contribution in [3.05, 3.63) is 76.5 Å². The summed E-state index contributed by atoms with van der Waals surface area (Å²) in [6.45, 7) is 5.77. The zero-order valence-corrected chi connectivity index (χ0v) is 25.6. The van der Waals surface area contributed by atoms with Gasteiger partial charge >= 0.3 is 0 Å². The van der Waals surface area contributed by atoms with Crippen LogP contribution in [0.1, 0.15) is 36.2 Å². The summed E-state index contributed by atoms with van der Waals surface area (Å²) in [7, 11) is 3.64. The third kappa shape index (κ3) is 7.21.